The first-order valence-electron chi connectivity index (χ1n) is 8.88. The van der Waals surface area contributed by atoms with Crippen LogP contribution in [0.2, 0.25) is 5.02 Å². The van der Waals surface area contributed by atoms with E-state index in [1.807, 2.05) is 18.2 Å². The van der Waals surface area contributed by atoms with Gasteiger partial charge in [-0.05, 0) is 73.3 Å². The van der Waals surface area contributed by atoms with Gasteiger partial charge in [0, 0.05) is 28.9 Å². The summed E-state index contributed by atoms with van der Waals surface area (Å²) in [5, 5.41) is 3.99. The van der Waals surface area contributed by atoms with E-state index in [4.69, 9.17) is 11.6 Å². The van der Waals surface area contributed by atoms with Gasteiger partial charge in [0.25, 0.3) is 0 Å². The molecular weight excluding hydrogens is 340 g/mol. The van der Waals surface area contributed by atoms with Crippen molar-refractivity contribution < 1.29 is 4.79 Å². The fraction of sp³-hybridized carbons (Fsp3) is 0.526. The molecule has 2 saturated heterocycles. The van der Waals surface area contributed by atoms with E-state index in [9.17, 15) is 4.79 Å². The Bertz CT molecular complexity index is 738. The maximum atomic E-state index is 12.9. The zero-order valence-corrected chi connectivity index (χ0v) is 15.4. The number of benzene rings is 1. The number of halogens is 1. The van der Waals surface area contributed by atoms with Crippen LogP contribution in [0.3, 0.4) is 0 Å². The zero-order valence-electron chi connectivity index (χ0n) is 13.8. The van der Waals surface area contributed by atoms with Gasteiger partial charge in [-0.15, -0.1) is 11.3 Å². The van der Waals surface area contributed by atoms with Crippen molar-refractivity contribution in [3.63, 3.8) is 0 Å². The van der Waals surface area contributed by atoms with Gasteiger partial charge >= 0.3 is 0 Å². The van der Waals surface area contributed by atoms with Crippen molar-refractivity contribution in [1.82, 2.24) is 9.80 Å². The highest BCUT2D eigenvalue weighted by Crippen LogP contribution is 2.30. The third-order valence-electron chi connectivity index (χ3n) is 5.32. The third kappa shape index (κ3) is 3.32. The molecule has 0 saturated carbocycles. The number of fused-ring (bicyclic) bond motifs is 1. The maximum absolute atomic E-state index is 12.9. The van der Waals surface area contributed by atoms with Crippen molar-refractivity contribution in [1.29, 1.82) is 0 Å². The third-order valence-corrected chi connectivity index (χ3v) is 6.57. The Morgan fingerprint density at radius 2 is 2.04 bits per heavy atom. The molecule has 128 valence electrons. The first-order valence-corrected chi connectivity index (χ1v) is 10.1. The molecule has 1 unspecified atom stereocenters. The largest absolute Gasteiger partial charge is 0.338 e. The van der Waals surface area contributed by atoms with E-state index in [1.165, 1.54) is 30.6 Å². The summed E-state index contributed by atoms with van der Waals surface area (Å²) in [6.45, 7) is 4.38. The Balaban J connectivity index is 1.47. The Hall–Kier alpha value is -1.10. The number of amides is 1. The average molecular weight is 363 g/mol. The van der Waals surface area contributed by atoms with Gasteiger partial charge in [0.2, 0.25) is 5.91 Å². The van der Waals surface area contributed by atoms with Crippen LogP contribution in [0.4, 0.5) is 0 Å². The highest BCUT2D eigenvalue weighted by atomic mass is 35.5. The lowest BCUT2D eigenvalue weighted by Crippen LogP contribution is -2.43. The van der Waals surface area contributed by atoms with Gasteiger partial charge in [-0.3, -0.25) is 4.79 Å². The second kappa shape index (κ2) is 7.03. The van der Waals surface area contributed by atoms with Gasteiger partial charge in [0.1, 0.15) is 0 Å². The van der Waals surface area contributed by atoms with Crippen LogP contribution in [-0.2, 0) is 11.2 Å². The second-order valence-electron chi connectivity index (χ2n) is 6.97. The molecule has 2 aliphatic heterocycles. The summed E-state index contributed by atoms with van der Waals surface area (Å²) in [6, 6.07) is 6.35. The van der Waals surface area contributed by atoms with Crippen LogP contribution in [0.25, 0.3) is 10.1 Å². The van der Waals surface area contributed by atoms with E-state index in [0.717, 1.165) is 41.9 Å². The smallest absolute Gasteiger partial charge is 0.227 e. The van der Waals surface area contributed by atoms with Crippen molar-refractivity contribution in [2.45, 2.75) is 38.1 Å². The molecule has 2 aliphatic rings. The van der Waals surface area contributed by atoms with Crippen LogP contribution in [-0.4, -0.2) is 47.9 Å². The molecule has 1 aromatic carbocycles. The second-order valence-corrected chi connectivity index (χ2v) is 8.32. The molecule has 1 aromatic heterocycles. The van der Waals surface area contributed by atoms with Gasteiger partial charge in [0.05, 0.1) is 6.42 Å². The first-order chi connectivity index (χ1) is 11.7. The van der Waals surface area contributed by atoms with E-state index in [2.05, 4.69) is 15.2 Å². The molecule has 3 nitrogen and oxygen atoms in total. The molecule has 1 amide bonds. The van der Waals surface area contributed by atoms with Crippen LogP contribution < -0.4 is 0 Å². The van der Waals surface area contributed by atoms with Crippen molar-refractivity contribution >= 4 is 38.9 Å². The highest BCUT2D eigenvalue weighted by Gasteiger charge is 2.30. The standard InChI is InChI=1S/C19H23ClN2OS/c20-15-5-6-18-17(11-15)14(13-24-18)10-19(23)22-9-3-4-16(22)12-21-7-1-2-8-21/h5-6,11,13,16H,1-4,7-10,12H2. The van der Waals surface area contributed by atoms with Gasteiger partial charge in [-0.25, -0.2) is 0 Å². The molecule has 0 aliphatic carbocycles. The molecule has 2 fully saturated rings. The van der Waals surface area contributed by atoms with E-state index in [0.29, 0.717) is 12.5 Å². The van der Waals surface area contributed by atoms with E-state index >= 15 is 0 Å². The van der Waals surface area contributed by atoms with E-state index in [-0.39, 0.29) is 5.91 Å². The molecular formula is C19H23ClN2OS. The van der Waals surface area contributed by atoms with Gasteiger partial charge in [-0.2, -0.15) is 0 Å². The maximum Gasteiger partial charge on any atom is 0.227 e. The minimum atomic E-state index is 0.274. The monoisotopic (exact) mass is 362 g/mol. The summed E-state index contributed by atoms with van der Waals surface area (Å²) < 4.78 is 1.21. The Kier molecular flexibility index (Phi) is 4.79. The predicted molar refractivity (Wildman–Crippen MR) is 101 cm³/mol. The number of hydrogen-bond acceptors (Lipinski definition) is 3. The van der Waals surface area contributed by atoms with Gasteiger partial charge < -0.3 is 9.80 Å². The van der Waals surface area contributed by atoms with Crippen LogP contribution in [0.15, 0.2) is 23.6 Å². The number of thiophene rings is 1. The summed E-state index contributed by atoms with van der Waals surface area (Å²) >= 11 is 7.83. The molecule has 0 bridgehead atoms. The number of carbonyl (C=O) groups is 1. The number of rotatable bonds is 4. The van der Waals surface area contributed by atoms with Crippen LogP contribution in [0.5, 0.6) is 0 Å². The Morgan fingerprint density at radius 1 is 1.21 bits per heavy atom. The summed E-state index contributed by atoms with van der Waals surface area (Å²) in [7, 11) is 0. The quantitative estimate of drug-likeness (QED) is 0.814. The number of hydrogen-bond donors (Lipinski definition) is 0. The number of nitrogens with zero attached hydrogens (tertiary/aromatic N) is 2. The summed E-state index contributed by atoms with van der Waals surface area (Å²) in [4.78, 5) is 17.6. The normalized spacial score (nSPS) is 21.9. The van der Waals surface area contributed by atoms with Crippen LogP contribution in [0.1, 0.15) is 31.2 Å². The minimum Gasteiger partial charge on any atom is -0.338 e. The average Bonchev–Trinajstić information content (AvgIpc) is 3.30. The van der Waals surface area contributed by atoms with Crippen molar-refractivity contribution in [2.75, 3.05) is 26.2 Å². The Morgan fingerprint density at radius 3 is 2.88 bits per heavy atom. The number of carbonyl (C=O) groups excluding carboxylic acids is 1. The highest BCUT2D eigenvalue weighted by molar-refractivity contribution is 7.17. The SMILES string of the molecule is O=C(Cc1csc2ccc(Cl)cc12)N1CCCC1CN1CCCC1. The fourth-order valence-electron chi connectivity index (χ4n) is 4.07. The molecule has 4 rings (SSSR count). The first kappa shape index (κ1) is 16.4. The lowest BCUT2D eigenvalue weighted by Gasteiger charge is -2.28. The molecule has 0 radical (unpaired) electrons. The lowest BCUT2D eigenvalue weighted by molar-refractivity contribution is -0.131. The summed E-state index contributed by atoms with van der Waals surface area (Å²) in [5.41, 5.74) is 1.12. The molecule has 5 heteroatoms. The van der Waals surface area contributed by atoms with E-state index in [1.54, 1.807) is 11.3 Å². The lowest BCUT2D eigenvalue weighted by atomic mass is 10.1. The molecule has 1 atom stereocenters. The van der Waals surface area contributed by atoms with Gasteiger partial charge in [-0.1, -0.05) is 11.6 Å². The van der Waals surface area contributed by atoms with Crippen LogP contribution in [0, 0.1) is 0 Å². The van der Waals surface area contributed by atoms with Crippen molar-refractivity contribution in [3.05, 3.63) is 34.2 Å². The number of likely N-dealkylation sites (tertiary alicyclic amines) is 2. The minimum absolute atomic E-state index is 0.274. The molecule has 2 aromatic rings. The fourth-order valence-corrected chi connectivity index (χ4v) is 5.19. The van der Waals surface area contributed by atoms with Crippen molar-refractivity contribution in [3.8, 4) is 0 Å². The van der Waals surface area contributed by atoms with Crippen molar-refractivity contribution in [2.24, 2.45) is 0 Å². The summed E-state index contributed by atoms with van der Waals surface area (Å²) in [6.07, 6.45) is 5.40. The predicted octanol–water partition coefficient (Wildman–Crippen LogP) is 4.18. The molecule has 24 heavy (non-hydrogen) atoms. The Labute approximate surface area is 152 Å². The molecule has 0 N–H and O–H groups in total. The summed E-state index contributed by atoms with van der Waals surface area (Å²) in [5.74, 6) is 0.274. The topological polar surface area (TPSA) is 23.6 Å². The van der Waals surface area contributed by atoms with Crippen LogP contribution >= 0.6 is 22.9 Å². The molecule has 0 spiro atoms. The van der Waals surface area contributed by atoms with Gasteiger partial charge in [0.15, 0.2) is 0 Å². The van der Waals surface area contributed by atoms with E-state index < -0.39 is 0 Å². The zero-order chi connectivity index (χ0) is 16.5. The molecule has 3 heterocycles.